The molecule has 2 aliphatic rings. The first-order valence-corrected chi connectivity index (χ1v) is 6.66. The van der Waals surface area contributed by atoms with Crippen LogP contribution in [0.25, 0.3) is 0 Å². The highest BCUT2D eigenvalue weighted by Crippen LogP contribution is 2.13. The lowest BCUT2D eigenvalue weighted by molar-refractivity contribution is 0.219. The van der Waals surface area contributed by atoms with Crippen molar-refractivity contribution in [1.29, 1.82) is 0 Å². The maximum Gasteiger partial charge on any atom is 0.282 e. The number of anilines is 1. The number of rotatable bonds is 3. The second-order valence-corrected chi connectivity index (χ2v) is 4.91. The summed E-state index contributed by atoms with van der Waals surface area (Å²) in [5.74, 6) is 1.06. The Hall–Kier alpha value is -1.82. The van der Waals surface area contributed by atoms with Crippen LogP contribution in [0.2, 0.25) is 0 Å². The van der Waals surface area contributed by atoms with Crippen LogP contribution in [0, 0.1) is 0 Å². The smallest absolute Gasteiger partial charge is 0.282 e. The number of ether oxygens (including phenoxy) is 1. The monoisotopic (exact) mass is 261 g/mol. The predicted octanol–water partition coefficient (Wildman–Crippen LogP) is -0.0829. The van der Waals surface area contributed by atoms with Gasteiger partial charge in [-0.2, -0.15) is 0 Å². The van der Waals surface area contributed by atoms with Gasteiger partial charge in [0.2, 0.25) is 0 Å². The lowest BCUT2D eigenvalue weighted by Gasteiger charge is -2.35. The lowest BCUT2D eigenvalue weighted by Crippen LogP contribution is -2.48. The van der Waals surface area contributed by atoms with Crippen molar-refractivity contribution < 1.29 is 4.74 Å². The Morgan fingerprint density at radius 1 is 1.26 bits per heavy atom. The molecule has 3 rings (SSSR count). The number of nitrogens with two attached hydrogens (primary N) is 1. The van der Waals surface area contributed by atoms with Crippen molar-refractivity contribution in [2.75, 3.05) is 44.2 Å². The third-order valence-corrected chi connectivity index (χ3v) is 3.55. The molecule has 3 heterocycles. The van der Waals surface area contributed by atoms with Gasteiger partial charge < -0.3 is 15.4 Å². The standard InChI is InChI=1S/C13H19N5O/c14-13-16-11(10-19-13)9-17-5-7-18(8-6-17)12-3-1-2-4-15-12/h1-4,11H,5-10H2,(H2,14,16). The second kappa shape index (κ2) is 5.44. The van der Waals surface area contributed by atoms with E-state index in [9.17, 15) is 0 Å². The van der Waals surface area contributed by atoms with Crippen molar-refractivity contribution in [3.8, 4) is 0 Å². The molecule has 6 heteroatoms. The lowest BCUT2D eigenvalue weighted by atomic mass is 10.2. The van der Waals surface area contributed by atoms with E-state index in [0.717, 1.165) is 38.5 Å². The van der Waals surface area contributed by atoms with Crippen LogP contribution in [0.3, 0.4) is 0 Å². The van der Waals surface area contributed by atoms with Crippen molar-refractivity contribution in [2.24, 2.45) is 10.7 Å². The Morgan fingerprint density at radius 2 is 2.11 bits per heavy atom. The topological polar surface area (TPSA) is 67.0 Å². The minimum atomic E-state index is 0.196. The van der Waals surface area contributed by atoms with Crippen LogP contribution in [0.5, 0.6) is 0 Å². The normalized spacial score (nSPS) is 24.1. The molecule has 1 unspecified atom stereocenters. The molecule has 2 N–H and O–H groups in total. The zero-order chi connectivity index (χ0) is 13.1. The number of amidine groups is 1. The fourth-order valence-electron chi connectivity index (χ4n) is 2.53. The first-order valence-electron chi connectivity index (χ1n) is 6.66. The van der Waals surface area contributed by atoms with E-state index in [1.807, 2.05) is 18.3 Å². The summed E-state index contributed by atoms with van der Waals surface area (Å²) in [7, 11) is 0. The quantitative estimate of drug-likeness (QED) is 0.824. The highest BCUT2D eigenvalue weighted by Gasteiger charge is 2.23. The number of hydrogen-bond donors (Lipinski definition) is 1. The predicted molar refractivity (Wildman–Crippen MR) is 74.3 cm³/mol. The minimum Gasteiger partial charge on any atom is -0.463 e. The first-order chi connectivity index (χ1) is 9.31. The third-order valence-electron chi connectivity index (χ3n) is 3.55. The number of nitrogens with zero attached hydrogens (tertiary/aromatic N) is 4. The molecule has 0 spiro atoms. The summed E-state index contributed by atoms with van der Waals surface area (Å²) in [5.41, 5.74) is 5.52. The van der Waals surface area contributed by atoms with E-state index in [-0.39, 0.29) is 6.04 Å². The van der Waals surface area contributed by atoms with E-state index in [0.29, 0.717) is 12.6 Å². The van der Waals surface area contributed by atoms with Gasteiger partial charge in [0.1, 0.15) is 18.5 Å². The summed E-state index contributed by atoms with van der Waals surface area (Å²) in [6, 6.07) is 6.56. The van der Waals surface area contributed by atoms with Crippen LogP contribution in [-0.2, 0) is 4.74 Å². The summed E-state index contributed by atoms with van der Waals surface area (Å²) in [6.07, 6.45) is 1.84. The molecule has 1 aromatic rings. The van der Waals surface area contributed by atoms with Gasteiger partial charge >= 0.3 is 0 Å². The van der Waals surface area contributed by atoms with Gasteiger partial charge in [-0.1, -0.05) is 6.07 Å². The number of aromatic nitrogens is 1. The highest BCUT2D eigenvalue weighted by atomic mass is 16.5. The van der Waals surface area contributed by atoms with Crippen LogP contribution in [0.4, 0.5) is 5.82 Å². The Morgan fingerprint density at radius 3 is 2.74 bits per heavy atom. The SMILES string of the molecule is NC1=NC(CN2CCN(c3ccccn3)CC2)CO1. The molecule has 1 aromatic heterocycles. The average molecular weight is 261 g/mol. The van der Waals surface area contributed by atoms with E-state index in [2.05, 4.69) is 25.8 Å². The van der Waals surface area contributed by atoms with Gasteiger partial charge in [-0.05, 0) is 12.1 Å². The number of hydrogen-bond acceptors (Lipinski definition) is 6. The molecule has 0 radical (unpaired) electrons. The van der Waals surface area contributed by atoms with E-state index in [4.69, 9.17) is 10.5 Å². The van der Waals surface area contributed by atoms with Crippen molar-refractivity contribution in [1.82, 2.24) is 9.88 Å². The fourth-order valence-corrected chi connectivity index (χ4v) is 2.53. The van der Waals surface area contributed by atoms with E-state index in [1.165, 1.54) is 0 Å². The third kappa shape index (κ3) is 2.96. The number of pyridine rings is 1. The van der Waals surface area contributed by atoms with E-state index < -0.39 is 0 Å². The van der Waals surface area contributed by atoms with Gasteiger partial charge in [0.25, 0.3) is 6.02 Å². The molecule has 0 aliphatic carbocycles. The second-order valence-electron chi connectivity index (χ2n) is 4.91. The van der Waals surface area contributed by atoms with Gasteiger partial charge in [0, 0.05) is 38.9 Å². The molecular formula is C13H19N5O. The summed E-state index contributed by atoms with van der Waals surface area (Å²) in [5, 5.41) is 0. The Balaban J connectivity index is 1.50. The molecule has 0 amide bonds. The van der Waals surface area contributed by atoms with Gasteiger partial charge in [-0.3, -0.25) is 4.90 Å². The molecular weight excluding hydrogens is 242 g/mol. The molecule has 6 nitrogen and oxygen atoms in total. The summed E-state index contributed by atoms with van der Waals surface area (Å²) >= 11 is 0. The van der Waals surface area contributed by atoms with Crippen molar-refractivity contribution >= 4 is 11.8 Å². The maximum absolute atomic E-state index is 5.52. The average Bonchev–Trinajstić information content (AvgIpc) is 2.86. The van der Waals surface area contributed by atoms with E-state index in [1.54, 1.807) is 0 Å². The van der Waals surface area contributed by atoms with Gasteiger partial charge in [-0.25, -0.2) is 9.98 Å². The molecule has 19 heavy (non-hydrogen) atoms. The Labute approximate surface area is 112 Å². The van der Waals surface area contributed by atoms with Crippen LogP contribution in [-0.4, -0.2) is 61.3 Å². The molecule has 2 aliphatic heterocycles. The minimum absolute atomic E-state index is 0.196. The highest BCUT2D eigenvalue weighted by molar-refractivity contribution is 5.73. The maximum atomic E-state index is 5.52. The van der Waals surface area contributed by atoms with Crippen molar-refractivity contribution in [3.05, 3.63) is 24.4 Å². The number of piperazine rings is 1. The summed E-state index contributed by atoms with van der Waals surface area (Å²) in [6.45, 7) is 5.61. The van der Waals surface area contributed by atoms with Crippen LogP contribution < -0.4 is 10.6 Å². The van der Waals surface area contributed by atoms with Crippen LogP contribution in [0.15, 0.2) is 29.4 Å². The van der Waals surface area contributed by atoms with Gasteiger partial charge in [0.15, 0.2) is 0 Å². The van der Waals surface area contributed by atoms with Crippen molar-refractivity contribution in [3.63, 3.8) is 0 Å². The van der Waals surface area contributed by atoms with Gasteiger partial charge in [0.05, 0.1) is 0 Å². The summed E-state index contributed by atoms with van der Waals surface area (Å²) < 4.78 is 5.18. The molecule has 0 bridgehead atoms. The molecule has 1 saturated heterocycles. The molecule has 102 valence electrons. The Kier molecular flexibility index (Phi) is 3.50. The first kappa shape index (κ1) is 12.2. The molecule has 1 atom stereocenters. The van der Waals surface area contributed by atoms with Crippen molar-refractivity contribution in [2.45, 2.75) is 6.04 Å². The molecule has 0 aromatic carbocycles. The van der Waals surface area contributed by atoms with Crippen LogP contribution in [0.1, 0.15) is 0 Å². The Bertz CT molecular complexity index is 442. The fraction of sp³-hybridized carbons (Fsp3) is 0.538. The molecule has 0 saturated carbocycles. The van der Waals surface area contributed by atoms with E-state index >= 15 is 0 Å². The van der Waals surface area contributed by atoms with Crippen LogP contribution >= 0.6 is 0 Å². The largest absolute Gasteiger partial charge is 0.463 e. The van der Waals surface area contributed by atoms with Gasteiger partial charge in [-0.15, -0.1) is 0 Å². The molecule has 1 fully saturated rings. The zero-order valence-corrected chi connectivity index (χ0v) is 10.9. The zero-order valence-electron chi connectivity index (χ0n) is 10.9. The summed E-state index contributed by atoms with van der Waals surface area (Å²) in [4.78, 5) is 13.4. The number of aliphatic imine (C=N–C) groups is 1.